The number of oxazole rings is 1. The highest BCUT2D eigenvalue weighted by molar-refractivity contribution is 6.12. The molecule has 0 bridgehead atoms. The van der Waals surface area contributed by atoms with E-state index in [-0.39, 0.29) is 18.8 Å². The average Bonchev–Trinajstić information content (AvgIpc) is 3.24. The molecule has 31 heavy (non-hydrogen) atoms. The van der Waals surface area contributed by atoms with Gasteiger partial charge in [0.2, 0.25) is 11.7 Å². The lowest BCUT2D eigenvalue weighted by molar-refractivity contribution is -0.145. The van der Waals surface area contributed by atoms with E-state index in [4.69, 9.17) is 18.6 Å². The summed E-state index contributed by atoms with van der Waals surface area (Å²) >= 11 is 0. The summed E-state index contributed by atoms with van der Waals surface area (Å²) in [5.74, 6) is 0.885. The minimum absolute atomic E-state index is 0.159. The van der Waals surface area contributed by atoms with E-state index < -0.39 is 17.8 Å². The molecule has 1 aromatic heterocycles. The third-order valence-corrected chi connectivity index (χ3v) is 5.20. The molecule has 0 radical (unpaired) electrons. The van der Waals surface area contributed by atoms with Crippen molar-refractivity contribution in [3.63, 3.8) is 0 Å². The number of hydrogen-bond acceptors (Lipinski definition) is 8. The lowest BCUT2D eigenvalue weighted by Crippen LogP contribution is -2.49. The Labute approximate surface area is 179 Å². The van der Waals surface area contributed by atoms with Crippen LogP contribution in [-0.2, 0) is 22.6 Å². The first-order valence-electron chi connectivity index (χ1n) is 9.67. The molecule has 8 heteroatoms. The smallest absolute Gasteiger partial charge is 0.331 e. The van der Waals surface area contributed by atoms with Crippen molar-refractivity contribution >= 4 is 11.8 Å². The first-order valence-corrected chi connectivity index (χ1v) is 9.67. The van der Waals surface area contributed by atoms with E-state index >= 15 is 0 Å². The molecular weight excluding hydrogens is 400 g/mol. The minimum Gasteiger partial charge on any atom is -0.497 e. The van der Waals surface area contributed by atoms with Crippen LogP contribution in [0.1, 0.15) is 21.8 Å². The number of carbonyl (C=O) groups is 2. The Kier molecular flexibility index (Phi) is 5.73. The normalized spacial score (nSPS) is 16.0. The Hall–Kier alpha value is -3.65. The zero-order valence-electron chi connectivity index (χ0n) is 17.5. The van der Waals surface area contributed by atoms with Gasteiger partial charge in [-0.2, -0.15) is 0 Å². The van der Waals surface area contributed by atoms with E-state index in [1.807, 2.05) is 36.4 Å². The fourth-order valence-electron chi connectivity index (χ4n) is 3.64. The van der Waals surface area contributed by atoms with Crippen molar-refractivity contribution in [2.24, 2.45) is 0 Å². The van der Waals surface area contributed by atoms with E-state index in [0.717, 1.165) is 11.1 Å². The van der Waals surface area contributed by atoms with Crippen LogP contribution in [-0.4, -0.2) is 49.0 Å². The second kappa shape index (κ2) is 8.61. The SMILES string of the molecule is COC(=O)C1C(=O)c2nc(-c3ccccc3)oc2CN1Cc1ccc(OC)cc1OC. The zero-order valence-corrected chi connectivity index (χ0v) is 17.5. The third kappa shape index (κ3) is 3.89. The van der Waals surface area contributed by atoms with Gasteiger partial charge in [0.25, 0.3) is 0 Å². The van der Waals surface area contributed by atoms with Crippen LogP contribution >= 0.6 is 0 Å². The van der Waals surface area contributed by atoms with Crippen molar-refractivity contribution < 1.29 is 28.2 Å². The van der Waals surface area contributed by atoms with Gasteiger partial charge in [0.15, 0.2) is 11.7 Å². The van der Waals surface area contributed by atoms with E-state index in [1.54, 1.807) is 31.3 Å². The molecule has 4 rings (SSSR count). The van der Waals surface area contributed by atoms with Gasteiger partial charge in [0.05, 0.1) is 27.9 Å². The van der Waals surface area contributed by atoms with Crippen LogP contribution in [0.5, 0.6) is 11.5 Å². The molecule has 1 unspecified atom stereocenters. The third-order valence-electron chi connectivity index (χ3n) is 5.20. The van der Waals surface area contributed by atoms with Crippen molar-refractivity contribution in [1.82, 2.24) is 9.88 Å². The molecule has 1 aliphatic rings. The van der Waals surface area contributed by atoms with Crippen LogP contribution < -0.4 is 9.47 Å². The molecule has 0 N–H and O–H groups in total. The van der Waals surface area contributed by atoms with Gasteiger partial charge in [-0.15, -0.1) is 0 Å². The fourth-order valence-corrected chi connectivity index (χ4v) is 3.64. The second-order valence-corrected chi connectivity index (χ2v) is 7.03. The predicted octanol–water partition coefficient (Wildman–Crippen LogP) is 3.10. The van der Waals surface area contributed by atoms with E-state index in [2.05, 4.69) is 4.98 Å². The molecule has 0 aliphatic carbocycles. The van der Waals surface area contributed by atoms with Crippen LogP contribution in [0.2, 0.25) is 0 Å². The zero-order chi connectivity index (χ0) is 22.0. The Bertz CT molecular complexity index is 1110. The van der Waals surface area contributed by atoms with Crippen LogP contribution in [0, 0.1) is 0 Å². The van der Waals surface area contributed by atoms with E-state index in [1.165, 1.54) is 7.11 Å². The molecule has 160 valence electrons. The van der Waals surface area contributed by atoms with Crippen molar-refractivity contribution in [3.05, 3.63) is 65.5 Å². The molecular formula is C23H22N2O6. The fraction of sp³-hybridized carbons (Fsp3) is 0.261. The number of ether oxygens (including phenoxy) is 3. The molecule has 0 fully saturated rings. The van der Waals surface area contributed by atoms with E-state index in [9.17, 15) is 9.59 Å². The number of ketones is 1. The standard InChI is InChI=1S/C23H22N2O6/c1-28-16-10-9-15(17(11-16)29-2)12-25-13-18-19(21(26)20(25)23(27)30-3)24-22(31-18)14-7-5-4-6-8-14/h4-11,20H,12-13H2,1-3H3. The first-order chi connectivity index (χ1) is 15.0. The molecule has 0 saturated carbocycles. The lowest BCUT2D eigenvalue weighted by atomic mass is 10.0. The number of Topliss-reactive ketones (excluding diaryl/α,β-unsaturated/α-hetero) is 1. The largest absolute Gasteiger partial charge is 0.497 e. The second-order valence-electron chi connectivity index (χ2n) is 7.03. The van der Waals surface area contributed by atoms with Gasteiger partial charge in [-0.1, -0.05) is 24.3 Å². The van der Waals surface area contributed by atoms with Crippen molar-refractivity contribution in [1.29, 1.82) is 0 Å². The predicted molar refractivity (Wildman–Crippen MR) is 111 cm³/mol. The van der Waals surface area contributed by atoms with Crippen LogP contribution in [0.15, 0.2) is 52.9 Å². The minimum atomic E-state index is -1.13. The van der Waals surface area contributed by atoms with Gasteiger partial charge in [-0.3, -0.25) is 9.69 Å². The van der Waals surface area contributed by atoms with Gasteiger partial charge in [0.1, 0.15) is 17.3 Å². The summed E-state index contributed by atoms with van der Waals surface area (Å²) in [5.41, 5.74) is 1.70. The van der Waals surface area contributed by atoms with Crippen molar-refractivity contribution in [2.75, 3.05) is 21.3 Å². The number of hydrogen-bond donors (Lipinski definition) is 0. The van der Waals surface area contributed by atoms with Crippen LogP contribution in [0.25, 0.3) is 11.5 Å². The number of rotatable bonds is 6. The summed E-state index contributed by atoms with van der Waals surface area (Å²) in [6.07, 6.45) is 0. The van der Waals surface area contributed by atoms with Gasteiger partial charge < -0.3 is 18.6 Å². The summed E-state index contributed by atoms with van der Waals surface area (Å²) < 4.78 is 21.5. The summed E-state index contributed by atoms with van der Waals surface area (Å²) in [4.78, 5) is 31.8. The highest BCUT2D eigenvalue weighted by atomic mass is 16.5. The molecule has 1 atom stereocenters. The van der Waals surface area contributed by atoms with Gasteiger partial charge in [-0.25, -0.2) is 9.78 Å². The molecule has 8 nitrogen and oxygen atoms in total. The Balaban J connectivity index is 1.71. The molecule has 2 aromatic carbocycles. The van der Waals surface area contributed by atoms with Gasteiger partial charge >= 0.3 is 5.97 Å². The molecule has 2 heterocycles. The topological polar surface area (TPSA) is 91.1 Å². The van der Waals surface area contributed by atoms with E-state index in [0.29, 0.717) is 23.1 Å². The molecule has 3 aromatic rings. The van der Waals surface area contributed by atoms with Crippen molar-refractivity contribution in [2.45, 2.75) is 19.1 Å². The molecule has 1 aliphatic heterocycles. The quantitative estimate of drug-likeness (QED) is 0.442. The average molecular weight is 422 g/mol. The first kappa shape index (κ1) is 20.6. The molecule has 0 spiro atoms. The number of benzene rings is 2. The van der Waals surface area contributed by atoms with Crippen molar-refractivity contribution in [3.8, 4) is 23.0 Å². The number of carbonyl (C=O) groups excluding carboxylic acids is 2. The maximum Gasteiger partial charge on any atom is 0.331 e. The summed E-state index contributed by atoms with van der Waals surface area (Å²) in [5, 5.41) is 0. The summed E-state index contributed by atoms with van der Waals surface area (Å²) in [6, 6.07) is 13.6. The lowest BCUT2D eigenvalue weighted by Gasteiger charge is -2.31. The number of methoxy groups -OCH3 is 3. The monoisotopic (exact) mass is 422 g/mol. The highest BCUT2D eigenvalue weighted by Crippen LogP contribution is 2.32. The van der Waals surface area contributed by atoms with Gasteiger partial charge in [-0.05, 0) is 18.2 Å². The number of fused-ring (bicyclic) bond motifs is 1. The van der Waals surface area contributed by atoms with Crippen LogP contribution in [0.4, 0.5) is 0 Å². The molecule has 0 amide bonds. The Morgan fingerprint density at radius 3 is 2.58 bits per heavy atom. The maximum absolute atomic E-state index is 13.2. The highest BCUT2D eigenvalue weighted by Gasteiger charge is 2.43. The number of aromatic nitrogens is 1. The number of nitrogens with zero attached hydrogens (tertiary/aromatic N) is 2. The van der Waals surface area contributed by atoms with Crippen LogP contribution in [0.3, 0.4) is 0 Å². The maximum atomic E-state index is 13.2. The number of esters is 1. The summed E-state index contributed by atoms with van der Waals surface area (Å²) in [7, 11) is 4.38. The Morgan fingerprint density at radius 1 is 1.13 bits per heavy atom. The molecule has 0 saturated heterocycles. The Morgan fingerprint density at radius 2 is 1.90 bits per heavy atom. The summed E-state index contributed by atoms with van der Waals surface area (Å²) in [6.45, 7) is 0.481. The van der Waals surface area contributed by atoms with Gasteiger partial charge in [0, 0.05) is 23.7 Å².